The molecule has 0 saturated heterocycles. The Morgan fingerprint density at radius 1 is 1.20 bits per heavy atom. The quantitative estimate of drug-likeness (QED) is 0.688. The van der Waals surface area contributed by atoms with Gasteiger partial charge in [-0.25, -0.2) is 4.39 Å². The average molecular weight is 300 g/mol. The highest BCUT2D eigenvalue weighted by Gasteiger charge is 2.40. The molecule has 0 atom stereocenters. The molecular formula is C16H23ClFNO. The van der Waals surface area contributed by atoms with Crippen molar-refractivity contribution in [1.82, 2.24) is 4.90 Å². The standard InChI is InChI=1S/C16H23ClFNO/c1-5-16(6-2,19(7-3)8-4)15(20)13-11-12(18)9-10-14(13)17/h9-11H,5-8H2,1-4H3. The van der Waals surface area contributed by atoms with Crippen molar-refractivity contribution in [2.45, 2.75) is 46.1 Å². The Kier molecular flexibility index (Phi) is 6.15. The molecule has 0 amide bonds. The first kappa shape index (κ1) is 17.1. The van der Waals surface area contributed by atoms with Gasteiger partial charge in [-0.1, -0.05) is 39.3 Å². The maximum absolute atomic E-state index is 13.4. The smallest absolute Gasteiger partial charge is 0.184 e. The Morgan fingerprint density at radius 3 is 2.20 bits per heavy atom. The van der Waals surface area contributed by atoms with E-state index < -0.39 is 11.4 Å². The maximum atomic E-state index is 13.4. The summed E-state index contributed by atoms with van der Waals surface area (Å²) in [6.45, 7) is 9.60. The van der Waals surface area contributed by atoms with Gasteiger partial charge in [0.1, 0.15) is 5.82 Å². The van der Waals surface area contributed by atoms with E-state index in [-0.39, 0.29) is 11.3 Å². The van der Waals surface area contributed by atoms with Crippen molar-refractivity contribution in [1.29, 1.82) is 0 Å². The van der Waals surface area contributed by atoms with Crippen LogP contribution in [0.15, 0.2) is 18.2 Å². The molecule has 0 radical (unpaired) electrons. The van der Waals surface area contributed by atoms with Crippen molar-refractivity contribution in [2.75, 3.05) is 13.1 Å². The summed E-state index contributed by atoms with van der Waals surface area (Å²) in [6.07, 6.45) is 1.35. The van der Waals surface area contributed by atoms with Crippen LogP contribution in [0, 0.1) is 5.82 Å². The average Bonchev–Trinajstić information content (AvgIpc) is 2.46. The highest BCUT2D eigenvalue weighted by Crippen LogP contribution is 2.31. The van der Waals surface area contributed by atoms with Gasteiger partial charge in [-0.15, -0.1) is 0 Å². The molecule has 0 N–H and O–H groups in total. The summed E-state index contributed by atoms with van der Waals surface area (Å²) in [4.78, 5) is 15.1. The largest absolute Gasteiger partial charge is 0.292 e. The molecule has 1 aromatic rings. The molecule has 0 aliphatic carbocycles. The van der Waals surface area contributed by atoms with Crippen molar-refractivity contribution in [3.05, 3.63) is 34.6 Å². The third kappa shape index (κ3) is 3.04. The maximum Gasteiger partial charge on any atom is 0.184 e. The monoisotopic (exact) mass is 299 g/mol. The second-order valence-corrected chi connectivity index (χ2v) is 5.27. The number of carbonyl (C=O) groups is 1. The molecule has 0 fully saturated rings. The molecule has 0 unspecified atom stereocenters. The molecule has 0 aromatic heterocycles. The van der Waals surface area contributed by atoms with E-state index in [1.165, 1.54) is 18.2 Å². The molecule has 0 heterocycles. The zero-order chi connectivity index (χ0) is 15.3. The lowest BCUT2D eigenvalue weighted by molar-refractivity contribution is 0.0534. The van der Waals surface area contributed by atoms with Crippen LogP contribution in [0.5, 0.6) is 0 Å². The molecule has 112 valence electrons. The van der Waals surface area contributed by atoms with Gasteiger partial charge in [0.15, 0.2) is 5.78 Å². The van der Waals surface area contributed by atoms with Gasteiger partial charge in [-0.2, -0.15) is 0 Å². The number of hydrogen-bond acceptors (Lipinski definition) is 2. The SMILES string of the molecule is CCN(CC)C(CC)(CC)C(=O)c1cc(F)ccc1Cl. The minimum Gasteiger partial charge on any atom is -0.292 e. The molecule has 1 rings (SSSR count). The van der Waals surface area contributed by atoms with Crippen LogP contribution in [-0.4, -0.2) is 29.3 Å². The van der Waals surface area contributed by atoms with Crippen LogP contribution in [0.1, 0.15) is 50.9 Å². The fourth-order valence-electron chi connectivity index (χ4n) is 2.91. The number of ketones is 1. The van der Waals surface area contributed by atoms with E-state index in [0.29, 0.717) is 17.9 Å². The third-order valence-electron chi connectivity index (χ3n) is 4.13. The summed E-state index contributed by atoms with van der Waals surface area (Å²) in [5.74, 6) is -0.519. The zero-order valence-corrected chi connectivity index (χ0v) is 13.4. The lowest BCUT2D eigenvalue weighted by Crippen LogP contribution is -2.54. The lowest BCUT2D eigenvalue weighted by atomic mass is 9.82. The molecule has 20 heavy (non-hydrogen) atoms. The Hall–Kier alpha value is -0.930. The number of benzene rings is 1. The molecule has 0 saturated carbocycles. The van der Waals surface area contributed by atoms with Crippen LogP contribution in [0.4, 0.5) is 4.39 Å². The van der Waals surface area contributed by atoms with Gasteiger partial charge in [-0.05, 0) is 44.1 Å². The molecule has 0 aliphatic heterocycles. The Bertz CT molecular complexity index is 468. The van der Waals surface area contributed by atoms with Crippen LogP contribution in [-0.2, 0) is 0 Å². The minimum atomic E-state index is -0.610. The summed E-state index contributed by atoms with van der Waals surface area (Å²) in [7, 11) is 0. The molecule has 0 bridgehead atoms. The fourth-order valence-corrected chi connectivity index (χ4v) is 3.12. The molecular weight excluding hydrogens is 277 g/mol. The molecule has 1 aromatic carbocycles. The van der Waals surface area contributed by atoms with Crippen LogP contribution in [0.25, 0.3) is 0 Å². The molecule has 2 nitrogen and oxygen atoms in total. The van der Waals surface area contributed by atoms with Crippen molar-refractivity contribution in [3.8, 4) is 0 Å². The van der Waals surface area contributed by atoms with Gasteiger partial charge < -0.3 is 0 Å². The normalized spacial score (nSPS) is 11.9. The van der Waals surface area contributed by atoms with Gasteiger partial charge in [-0.3, -0.25) is 9.69 Å². The summed E-state index contributed by atoms with van der Waals surface area (Å²) < 4.78 is 13.4. The summed E-state index contributed by atoms with van der Waals surface area (Å²) in [5.41, 5.74) is -0.330. The van der Waals surface area contributed by atoms with E-state index >= 15 is 0 Å². The first-order valence-corrected chi connectivity index (χ1v) is 7.59. The van der Waals surface area contributed by atoms with Gasteiger partial charge in [0.05, 0.1) is 10.6 Å². The van der Waals surface area contributed by atoms with E-state index in [9.17, 15) is 9.18 Å². The van der Waals surface area contributed by atoms with Crippen LogP contribution < -0.4 is 0 Å². The number of Topliss-reactive ketones (excluding diaryl/α,β-unsaturated/α-hetero) is 1. The van der Waals surface area contributed by atoms with Crippen LogP contribution in [0.2, 0.25) is 5.02 Å². The Morgan fingerprint density at radius 2 is 1.75 bits per heavy atom. The summed E-state index contributed by atoms with van der Waals surface area (Å²) in [6, 6.07) is 3.97. The first-order chi connectivity index (χ1) is 9.46. The van der Waals surface area contributed by atoms with Crippen molar-refractivity contribution in [3.63, 3.8) is 0 Å². The molecule has 4 heteroatoms. The number of nitrogens with zero attached hydrogens (tertiary/aromatic N) is 1. The summed E-state index contributed by atoms with van der Waals surface area (Å²) in [5, 5.41) is 0.315. The van der Waals surface area contributed by atoms with Gasteiger partial charge >= 0.3 is 0 Å². The highest BCUT2D eigenvalue weighted by molar-refractivity contribution is 6.34. The van der Waals surface area contributed by atoms with Gasteiger partial charge in [0.25, 0.3) is 0 Å². The Labute approximate surface area is 125 Å². The second kappa shape index (κ2) is 7.19. The van der Waals surface area contributed by atoms with E-state index in [0.717, 1.165) is 13.1 Å². The van der Waals surface area contributed by atoms with Crippen LogP contribution >= 0.6 is 11.6 Å². The van der Waals surface area contributed by atoms with E-state index in [1.54, 1.807) is 0 Å². The zero-order valence-electron chi connectivity index (χ0n) is 12.7. The van der Waals surface area contributed by atoms with Crippen molar-refractivity contribution < 1.29 is 9.18 Å². The molecule has 0 spiro atoms. The topological polar surface area (TPSA) is 20.3 Å². The van der Waals surface area contributed by atoms with E-state index in [2.05, 4.69) is 4.90 Å². The van der Waals surface area contributed by atoms with Crippen molar-refractivity contribution in [2.24, 2.45) is 0 Å². The van der Waals surface area contributed by atoms with Gasteiger partial charge in [0, 0.05) is 5.56 Å². The van der Waals surface area contributed by atoms with E-state index in [1.807, 2.05) is 27.7 Å². The number of hydrogen-bond donors (Lipinski definition) is 0. The van der Waals surface area contributed by atoms with Crippen molar-refractivity contribution >= 4 is 17.4 Å². The predicted octanol–water partition coefficient (Wildman–Crippen LogP) is 4.56. The highest BCUT2D eigenvalue weighted by atomic mass is 35.5. The summed E-state index contributed by atoms with van der Waals surface area (Å²) >= 11 is 6.10. The minimum absolute atomic E-state index is 0.0873. The first-order valence-electron chi connectivity index (χ1n) is 7.21. The van der Waals surface area contributed by atoms with E-state index in [4.69, 9.17) is 11.6 Å². The third-order valence-corrected chi connectivity index (χ3v) is 4.46. The fraction of sp³-hybridized carbons (Fsp3) is 0.562. The number of likely N-dealkylation sites (N-methyl/N-ethyl adjacent to an activating group) is 1. The molecule has 0 aliphatic rings. The lowest BCUT2D eigenvalue weighted by Gasteiger charge is -2.41. The van der Waals surface area contributed by atoms with Crippen LogP contribution in [0.3, 0.4) is 0 Å². The van der Waals surface area contributed by atoms with Gasteiger partial charge in [0.2, 0.25) is 0 Å². The number of carbonyl (C=O) groups excluding carboxylic acids is 1. The number of rotatable bonds is 7. The second-order valence-electron chi connectivity index (χ2n) is 4.86. The Balaban J connectivity index is 3.34. The number of halogens is 2. The predicted molar refractivity (Wildman–Crippen MR) is 82.0 cm³/mol.